The van der Waals surface area contributed by atoms with Crippen LogP contribution in [0.5, 0.6) is 0 Å². The van der Waals surface area contributed by atoms with Crippen molar-refractivity contribution in [1.29, 1.82) is 0 Å². The van der Waals surface area contributed by atoms with E-state index >= 15 is 0 Å². The second kappa shape index (κ2) is 7.01. The monoisotopic (exact) mass is 386 g/mol. The Hall–Kier alpha value is -2.32. The molecule has 2 N–H and O–H groups in total. The van der Waals surface area contributed by atoms with Crippen molar-refractivity contribution in [2.75, 3.05) is 0 Å². The van der Waals surface area contributed by atoms with Crippen LogP contribution in [0.15, 0.2) is 12.3 Å². The summed E-state index contributed by atoms with van der Waals surface area (Å²) < 4.78 is 41.0. The van der Waals surface area contributed by atoms with E-state index in [9.17, 15) is 27.7 Å². The molecule has 1 aromatic rings. The van der Waals surface area contributed by atoms with Gasteiger partial charge in [-0.15, -0.1) is 0 Å². The molecule has 1 aromatic heterocycles. The Kier molecular flexibility index (Phi) is 5.45. The number of nitrogens with two attached hydrogens (primary N) is 1. The predicted octanol–water partition coefficient (Wildman–Crippen LogP) is 3.23. The summed E-state index contributed by atoms with van der Waals surface area (Å²) in [5, 5.41) is 0. The van der Waals surface area contributed by atoms with E-state index in [4.69, 9.17) is 5.73 Å². The topological polar surface area (TPSA) is 93.1 Å². The highest BCUT2D eigenvalue weighted by molar-refractivity contribution is 5.88. The average molecular weight is 386 g/mol. The van der Waals surface area contributed by atoms with Crippen LogP contribution >= 0.6 is 0 Å². The molecule has 0 aromatic carbocycles. The molecule has 1 fully saturated rings. The molecule has 2 rings (SSSR count). The van der Waals surface area contributed by atoms with Crippen molar-refractivity contribution in [3.63, 3.8) is 0 Å². The number of nitrogens with zero attached hydrogens (tertiary/aromatic N) is 2. The molecule has 9 heteroatoms. The van der Waals surface area contributed by atoms with Crippen LogP contribution in [-0.4, -0.2) is 34.0 Å². The van der Waals surface area contributed by atoms with Gasteiger partial charge in [0.05, 0.1) is 4.76 Å². The molecular weight excluding hydrogens is 363 g/mol. The summed E-state index contributed by atoms with van der Waals surface area (Å²) in [6.07, 6.45) is -0.743. The number of hydrogen-bond donors (Lipinski definition) is 1. The van der Waals surface area contributed by atoms with Gasteiger partial charge in [-0.3, -0.25) is 4.79 Å². The summed E-state index contributed by atoms with van der Waals surface area (Å²) in [5.74, 6) is -2.34. The van der Waals surface area contributed by atoms with Crippen LogP contribution in [0, 0.1) is 10.3 Å². The maximum Gasteiger partial charge on any atom is 0.484 e. The third-order valence-electron chi connectivity index (χ3n) is 4.63. The second-order valence-electron chi connectivity index (χ2n) is 8.11. The average Bonchev–Trinajstić information content (AvgIpc) is 3.36. The van der Waals surface area contributed by atoms with E-state index in [1.165, 1.54) is 0 Å². The second-order valence-corrected chi connectivity index (χ2v) is 8.11. The van der Waals surface area contributed by atoms with E-state index < -0.39 is 41.1 Å². The molecule has 27 heavy (non-hydrogen) atoms. The number of halogens is 3. The molecule has 1 saturated carbocycles. The lowest BCUT2D eigenvalue weighted by atomic mass is 9.86. The normalized spacial score (nSPS) is 18.1. The van der Waals surface area contributed by atoms with E-state index in [-0.39, 0.29) is 16.2 Å². The number of amides is 2. The van der Waals surface area contributed by atoms with E-state index in [1.54, 1.807) is 20.8 Å². The van der Waals surface area contributed by atoms with Crippen molar-refractivity contribution in [1.82, 2.24) is 4.98 Å². The molecule has 1 heterocycles. The van der Waals surface area contributed by atoms with Gasteiger partial charge < -0.3 is 5.73 Å². The maximum atomic E-state index is 14.7. The number of aromatic nitrogens is 1. The Morgan fingerprint density at radius 1 is 1.26 bits per heavy atom. The highest BCUT2D eigenvalue weighted by Gasteiger charge is 2.49. The van der Waals surface area contributed by atoms with Gasteiger partial charge in [0.25, 0.3) is 18.4 Å². The van der Waals surface area contributed by atoms with E-state index in [1.807, 2.05) is 0 Å². The lowest BCUT2D eigenvalue weighted by molar-refractivity contribution is -0.495. The van der Waals surface area contributed by atoms with Gasteiger partial charge in [-0.25, -0.2) is 22.9 Å². The van der Waals surface area contributed by atoms with Gasteiger partial charge in [0.15, 0.2) is 11.4 Å². The molecule has 148 valence electrons. The Morgan fingerprint density at radius 2 is 1.81 bits per heavy atom. The predicted molar refractivity (Wildman–Crippen MR) is 91.1 cm³/mol. The molecule has 0 spiro atoms. The Balaban J connectivity index is 2.48. The van der Waals surface area contributed by atoms with Gasteiger partial charge in [-0.1, -0.05) is 20.8 Å². The highest BCUT2D eigenvalue weighted by atomic mass is 19.3. The minimum Gasteiger partial charge on any atom is -0.364 e. The summed E-state index contributed by atoms with van der Waals surface area (Å²) in [7, 11) is 0. The van der Waals surface area contributed by atoms with Gasteiger partial charge in [0.2, 0.25) is 0 Å². The number of rotatable bonds is 6. The number of nitroso groups, excluding NO2 is 1. The first kappa shape index (κ1) is 21.0. The highest BCUT2D eigenvalue weighted by Crippen LogP contribution is 2.46. The summed E-state index contributed by atoms with van der Waals surface area (Å²) >= 11 is 0. The van der Waals surface area contributed by atoms with E-state index in [2.05, 4.69) is 4.98 Å². The van der Waals surface area contributed by atoms with Crippen molar-refractivity contribution in [2.45, 2.75) is 64.6 Å². The van der Waals surface area contributed by atoms with Gasteiger partial charge in [-0.05, 0) is 37.3 Å². The van der Waals surface area contributed by atoms with Gasteiger partial charge in [0, 0.05) is 22.1 Å². The minimum atomic E-state index is -3.32. The standard InChI is InChI=1S/C18H22F3N3O3/c1-17(2,3)13(14(22)25)24(27)15(26)12-7-11(18(4,21)16(19)20)10(8-23-12)9-5-6-9/h7-9,13,16H,5-6H2,1-4H3,(H-,22,25)/p+1/t13?,18-/m0/s1. The zero-order valence-electron chi connectivity index (χ0n) is 15.6. The van der Waals surface area contributed by atoms with Crippen LogP contribution < -0.4 is 5.73 Å². The molecule has 0 bridgehead atoms. The minimum absolute atomic E-state index is 0.0956. The third-order valence-corrected chi connectivity index (χ3v) is 4.63. The SMILES string of the molecule is CC(C)(C)C(C(N)=O)[N+](=O)C(=O)c1cc([C@](C)(F)C(F)F)c(C2CC2)cn1. The van der Waals surface area contributed by atoms with Crippen LogP contribution in [0.4, 0.5) is 13.2 Å². The number of carbonyl (C=O) groups excluding carboxylic acids is 2. The molecule has 6 nitrogen and oxygen atoms in total. The number of pyridine rings is 1. The van der Waals surface area contributed by atoms with E-state index in [0.717, 1.165) is 19.2 Å². The van der Waals surface area contributed by atoms with Gasteiger partial charge >= 0.3 is 5.91 Å². The molecular formula is C18H23F3N3O3+. The zero-order chi connectivity index (χ0) is 20.7. The van der Waals surface area contributed by atoms with Crippen molar-refractivity contribution >= 4 is 11.8 Å². The molecule has 1 aliphatic rings. The van der Waals surface area contributed by atoms with Crippen LogP contribution in [-0.2, 0) is 10.5 Å². The van der Waals surface area contributed by atoms with Crippen molar-refractivity contribution < 1.29 is 27.5 Å². The van der Waals surface area contributed by atoms with Crippen molar-refractivity contribution in [3.8, 4) is 0 Å². The molecule has 1 aliphatic carbocycles. The number of alkyl halides is 3. The maximum absolute atomic E-state index is 14.7. The number of carbonyl (C=O) groups is 2. The van der Waals surface area contributed by atoms with Crippen LogP contribution in [0.1, 0.15) is 68.1 Å². The molecule has 0 saturated heterocycles. The lowest BCUT2D eigenvalue weighted by Crippen LogP contribution is -2.49. The smallest absolute Gasteiger partial charge is 0.364 e. The summed E-state index contributed by atoms with van der Waals surface area (Å²) in [5.41, 5.74) is 0.704. The Morgan fingerprint density at radius 3 is 2.22 bits per heavy atom. The molecule has 2 amide bonds. The Bertz CT molecular complexity index is 784. The molecule has 1 unspecified atom stereocenters. The van der Waals surface area contributed by atoms with Crippen LogP contribution in [0.25, 0.3) is 0 Å². The summed E-state index contributed by atoms with van der Waals surface area (Å²) in [4.78, 5) is 40.5. The lowest BCUT2D eigenvalue weighted by Gasteiger charge is -2.23. The van der Waals surface area contributed by atoms with Gasteiger partial charge in [0.1, 0.15) is 0 Å². The number of primary amides is 1. The zero-order valence-corrected chi connectivity index (χ0v) is 15.6. The summed E-state index contributed by atoms with van der Waals surface area (Å²) in [6, 6.07) is -0.612. The van der Waals surface area contributed by atoms with Crippen molar-refractivity contribution in [3.05, 3.63) is 34.0 Å². The fourth-order valence-corrected chi connectivity index (χ4v) is 2.97. The first-order valence-corrected chi connectivity index (χ1v) is 8.56. The first-order valence-electron chi connectivity index (χ1n) is 8.56. The van der Waals surface area contributed by atoms with Crippen LogP contribution in [0.2, 0.25) is 0 Å². The summed E-state index contributed by atoms with van der Waals surface area (Å²) in [6.45, 7) is 5.37. The molecule has 0 aliphatic heterocycles. The van der Waals surface area contributed by atoms with Crippen molar-refractivity contribution in [2.24, 2.45) is 11.1 Å². The molecule has 2 atom stereocenters. The fourth-order valence-electron chi connectivity index (χ4n) is 2.97. The van der Waals surface area contributed by atoms with Crippen LogP contribution in [0.3, 0.4) is 0 Å². The third kappa shape index (κ3) is 4.17. The van der Waals surface area contributed by atoms with Gasteiger partial charge in [-0.2, -0.15) is 0 Å². The first-order chi connectivity index (χ1) is 12.3. The fraction of sp³-hybridized carbons (Fsp3) is 0.611. The number of hydrogen-bond acceptors (Lipinski definition) is 4. The van der Waals surface area contributed by atoms with E-state index in [0.29, 0.717) is 18.4 Å². The quantitative estimate of drug-likeness (QED) is 0.760. The molecule has 0 radical (unpaired) electrons. The Labute approximate surface area is 154 Å². The largest absolute Gasteiger partial charge is 0.484 e.